The molecule has 0 saturated heterocycles. The summed E-state index contributed by atoms with van der Waals surface area (Å²) in [5.41, 5.74) is 2.87. The number of hydrogen-bond donors (Lipinski definition) is 0. The van der Waals surface area contributed by atoms with E-state index in [-0.39, 0.29) is 23.2 Å². The van der Waals surface area contributed by atoms with E-state index in [1.807, 2.05) is 0 Å². The highest BCUT2D eigenvalue weighted by atomic mass is 35.5. The van der Waals surface area contributed by atoms with Crippen molar-refractivity contribution in [3.63, 3.8) is 0 Å². The number of nitrogens with zero attached hydrogens (tertiary/aromatic N) is 2. The molecule has 0 radical (unpaired) electrons. The average Bonchev–Trinajstić information content (AvgIpc) is 3.37. The second-order valence-electron chi connectivity index (χ2n) is 7.30. The summed E-state index contributed by atoms with van der Waals surface area (Å²) in [5.74, 6) is -0.794. The van der Waals surface area contributed by atoms with E-state index in [9.17, 15) is 9.59 Å². The third kappa shape index (κ3) is 4.41. The Morgan fingerprint density at radius 2 is 0.971 bits per heavy atom. The van der Waals surface area contributed by atoms with Gasteiger partial charge in [0.1, 0.15) is 0 Å². The molecule has 166 valence electrons. The van der Waals surface area contributed by atoms with Crippen molar-refractivity contribution in [2.75, 3.05) is 0 Å². The minimum absolute atomic E-state index is 0.161. The molecule has 6 nitrogen and oxygen atoms in total. The van der Waals surface area contributed by atoms with Crippen LogP contribution < -0.4 is 0 Å². The van der Waals surface area contributed by atoms with Crippen molar-refractivity contribution in [1.29, 1.82) is 0 Å². The average molecular weight is 489 g/mol. The van der Waals surface area contributed by atoms with Crippen molar-refractivity contribution in [1.82, 2.24) is 0 Å². The Bertz CT molecular complexity index is 1340. The zero-order valence-electron chi connectivity index (χ0n) is 17.4. The van der Waals surface area contributed by atoms with E-state index in [1.165, 1.54) is 0 Å². The highest BCUT2D eigenvalue weighted by Crippen LogP contribution is 2.25. The minimum Gasteiger partial charge on any atom is -0.402 e. The molecule has 0 amide bonds. The Hall–Kier alpha value is -4.00. The fourth-order valence-corrected chi connectivity index (χ4v) is 3.76. The van der Waals surface area contributed by atoms with Gasteiger partial charge in [-0.3, -0.25) is 0 Å². The Morgan fingerprint density at radius 1 is 0.588 bits per heavy atom. The number of halogens is 2. The van der Waals surface area contributed by atoms with Crippen LogP contribution in [0, 0.1) is 0 Å². The van der Waals surface area contributed by atoms with E-state index in [2.05, 4.69) is 9.98 Å². The fraction of sp³-hybridized carbons (Fsp3) is 0. The van der Waals surface area contributed by atoms with Crippen molar-refractivity contribution < 1.29 is 19.1 Å². The van der Waals surface area contributed by atoms with Crippen LogP contribution in [-0.4, -0.2) is 23.7 Å². The van der Waals surface area contributed by atoms with Crippen LogP contribution in [0.25, 0.3) is 12.2 Å². The topological polar surface area (TPSA) is 77.3 Å². The van der Waals surface area contributed by atoms with Crippen LogP contribution in [0.3, 0.4) is 0 Å². The van der Waals surface area contributed by atoms with Crippen LogP contribution in [0.4, 0.5) is 0 Å². The number of cyclic esters (lactones) is 2. The molecule has 0 aliphatic carbocycles. The molecule has 0 fully saturated rings. The standard InChI is InChI=1S/C26H14Cl2N2O4/c27-19-7-3-1-5-17(19)23-29-21(25(31)33-23)13-15-9-11-16(12-10-15)14-22-26(32)34-24(30-22)18-6-2-4-8-20(18)28/h1-14H/b21-13-,22-14-. The van der Waals surface area contributed by atoms with Gasteiger partial charge in [0.05, 0.1) is 21.2 Å². The van der Waals surface area contributed by atoms with Crippen LogP contribution in [0.1, 0.15) is 22.3 Å². The first-order valence-corrected chi connectivity index (χ1v) is 10.9. The summed E-state index contributed by atoms with van der Waals surface area (Å²) in [7, 11) is 0. The fourth-order valence-electron chi connectivity index (χ4n) is 3.32. The zero-order valence-corrected chi connectivity index (χ0v) is 18.9. The quantitative estimate of drug-likeness (QED) is 0.349. The molecule has 0 spiro atoms. The number of aliphatic imine (C=N–C) groups is 2. The third-order valence-corrected chi connectivity index (χ3v) is 5.65. The molecule has 2 heterocycles. The van der Waals surface area contributed by atoms with Gasteiger partial charge in [-0.15, -0.1) is 0 Å². The summed E-state index contributed by atoms with van der Waals surface area (Å²) >= 11 is 12.3. The van der Waals surface area contributed by atoms with Gasteiger partial charge in [-0.2, -0.15) is 0 Å². The summed E-state index contributed by atoms with van der Waals surface area (Å²) in [6.07, 6.45) is 3.22. The monoisotopic (exact) mass is 488 g/mol. The SMILES string of the molecule is O=C1OC(c2ccccc2Cl)=N/C1=C\c1ccc(/C=C2\N=C(c3ccccc3Cl)OC2=O)cc1. The lowest BCUT2D eigenvalue weighted by molar-refractivity contribution is -0.130. The second-order valence-corrected chi connectivity index (χ2v) is 8.11. The molecular weight excluding hydrogens is 475 g/mol. The second kappa shape index (κ2) is 9.09. The van der Waals surface area contributed by atoms with E-state index in [1.54, 1.807) is 84.9 Å². The lowest BCUT2D eigenvalue weighted by Gasteiger charge is -2.00. The number of ether oxygens (including phenoxy) is 2. The van der Waals surface area contributed by atoms with Crippen LogP contribution in [0.5, 0.6) is 0 Å². The number of hydrogen-bond acceptors (Lipinski definition) is 6. The maximum Gasteiger partial charge on any atom is 0.363 e. The number of carbonyl (C=O) groups is 2. The summed E-state index contributed by atoms with van der Waals surface area (Å²) in [6, 6.07) is 21.1. The van der Waals surface area contributed by atoms with Crippen LogP contribution in [-0.2, 0) is 19.1 Å². The highest BCUT2D eigenvalue weighted by Gasteiger charge is 2.26. The third-order valence-electron chi connectivity index (χ3n) is 4.99. The number of rotatable bonds is 4. The summed E-state index contributed by atoms with van der Waals surface area (Å²) in [6.45, 7) is 0. The molecule has 0 aromatic heterocycles. The number of esters is 2. The first-order chi connectivity index (χ1) is 16.5. The van der Waals surface area contributed by atoms with E-state index < -0.39 is 11.9 Å². The Balaban J connectivity index is 1.37. The normalized spacial score (nSPS) is 17.6. The molecule has 0 N–H and O–H groups in total. The smallest absolute Gasteiger partial charge is 0.363 e. The molecule has 0 unspecified atom stereocenters. The van der Waals surface area contributed by atoms with E-state index in [4.69, 9.17) is 32.7 Å². The van der Waals surface area contributed by atoms with Gasteiger partial charge in [-0.1, -0.05) is 71.7 Å². The Labute approximate surface area is 204 Å². The van der Waals surface area contributed by atoms with Crippen molar-refractivity contribution >= 4 is 59.1 Å². The molecule has 34 heavy (non-hydrogen) atoms. The van der Waals surface area contributed by atoms with Crippen LogP contribution in [0.2, 0.25) is 10.0 Å². The molecule has 0 bridgehead atoms. The summed E-state index contributed by atoms with van der Waals surface area (Å²) < 4.78 is 10.5. The predicted octanol–water partition coefficient (Wildman–Crippen LogP) is 5.68. The van der Waals surface area contributed by atoms with Gasteiger partial charge in [0.25, 0.3) is 0 Å². The molecule has 8 heteroatoms. The van der Waals surface area contributed by atoms with Gasteiger partial charge in [0.2, 0.25) is 11.8 Å². The van der Waals surface area contributed by atoms with Gasteiger partial charge >= 0.3 is 11.9 Å². The minimum atomic E-state index is -0.559. The molecule has 3 aromatic rings. The maximum atomic E-state index is 12.2. The lowest BCUT2D eigenvalue weighted by Crippen LogP contribution is -2.05. The largest absolute Gasteiger partial charge is 0.402 e. The molecule has 0 saturated carbocycles. The van der Waals surface area contributed by atoms with Gasteiger partial charge in [-0.05, 0) is 47.5 Å². The molecule has 0 atom stereocenters. The molecule has 2 aliphatic rings. The van der Waals surface area contributed by atoms with Crippen LogP contribution >= 0.6 is 23.2 Å². The van der Waals surface area contributed by atoms with Crippen molar-refractivity contribution in [3.8, 4) is 0 Å². The van der Waals surface area contributed by atoms with E-state index in [0.29, 0.717) is 21.2 Å². The van der Waals surface area contributed by atoms with Crippen molar-refractivity contribution in [2.45, 2.75) is 0 Å². The lowest BCUT2D eigenvalue weighted by atomic mass is 10.1. The Kier molecular flexibility index (Phi) is 5.84. The summed E-state index contributed by atoms with van der Waals surface area (Å²) in [4.78, 5) is 33.0. The van der Waals surface area contributed by atoms with Gasteiger partial charge < -0.3 is 9.47 Å². The summed E-state index contributed by atoms with van der Waals surface area (Å²) in [5, 5.41) is 0.886. The van der Waals surface area contributed by atoms with Gasteiger partial charge in [-0.25, -0.2) is 19.6 Å². The maximum absolute atomic E-state index is 12.2. The van der Waals surface area contributed by atoms with Crippen molar-refractivity contribution in [2.24, 2.45) is 9.98 Å². The predicted molar refractivity (Wildman–Crippen MR) is 131 cm³/mol. The Morgan fingerprint density at radius 3 is 1.35 bits per heavy atom. The zero-order chi connectivity index (χ0) is 23.7. The highest BCUT2D eigenvalue weighted by molar-refractivity contribution is 6.35. The first kappa shape index (κ1) is 21.8. The number of carbonyl (C=O) groups excluding carboxylic acids is 2. The van der Waals surface area contributed by atoms with Gasteiger partial charge in [0.15, 0.2) is 11.4 Å². The van der Waals surface area contributed by atoms with Gasteiger partial charge in [0, 0.05) is 0 Å². The van der Waals surface area contributed by atoms with E-state index >= 15 is 0 Å². The van der Waals surface area contributed by atoms with Crippen molar-refractivity contribution in [3.05, 3.63) is 116 Å². The number of benzene rings is 3. The van der Waals surface area contributed by atoms with Crippen LogP contribution in [0.15, 0.2) is 94.2 Å². The molecule has 5 rings (SSSR count). The molecule has 3 aromatic carbocycles. The molecular formula is C26H14Cl2N2O4. The van der Waals surface area contributed by atoms with E-state index in [0.717, 1.165) is 11.1 Å². The molecule has 2 aliphatic heterocycles. The first-order valence-electron chi connectivity index (χ1n) is 10.1.